The normalized spacial score (nSPS) is 22.9. The van der Waals surface area contributed by atoms with Crippen molar-refractivity contribution >= 4 is 0 Å². The molecule has 0 spiro atoms. The van der Waals surface area contributed by atoms with Crippen molar-refractivity contribution in [2.75, 3.05) is 0 Å². The van der Waals surface area contributed by atoms with Crippen molar-refractivity contribution in [1.29, 1.82) is 0 Å². The van der Waals surface area contributed by atoms with E-state index >= 15 is 4.39 Å². The topological polar surface area (TPSA) is 9.23 Å². The summed E-state index contributed by atoms with van der Waals surface area (Å²) in [5, 5.41) is 0. The summed E-state index contributed by atoms with van der Waals surface area (Å²) in [6, 6.07) is 9.66. The molecule has 0 bridgehead atoms. The van der Waals surface area contributed by atoms with E-state index in [9.17, 15) is 22.0 Å². The van der Waals surface area contributed by atoms with Gasteiger partial charge in [-0.1, -0.05) is 57.6 Å². The minimum absolute atomic E-state index is 0.0692. The Morgan fingerprint density at radius 2 is 1.30 bits per heavy atom. The molecule has 3 aromatic rings. The van der Waals surface area contributed by atoms with Crippen LogP contribution in [0.2, 0.25) is 0 Å². The monoisotopic (exact) mass is 602 g/mol. The molecule has 2 saturated carbocycles. The summed E-state index contributed by atoms with van der Waals surface area (Å²) >= 11 is 0. The van der Waals surface area contributed by atoms with Gasteiger partial charge in [0.2, 0.25) is 0 Å². The van der Waals surface area contributed by atoms with Crippen molar-refractivity contribution in [2.24, 2.45) is 17.8 Å². The zero-order valence-electron chi connectivity index (χ0n) is 24.7. The lowest BCUT2D eigenvalue weighted by Crippen LogP contribution is -2.25. The van der Waals surface area contributed by atoms with Crippen LogP contribution >= 0.6 is 0 Å². The fourth-order valence-corrected chi connectivity index (χ4v) is 7.28. The summed E-state index contributed by atoms with van der Waals surface area (Å²) in [6.07, 6.45) is 10.5. The van der Waals surface area contributed by atoms with Crippen LogP contribution in [0, 0.1) is 41.0 Å². The minimum Gasteiger partial charge on any atom is -0.429 e. The number of hydrogen-bond acceptors (Lipinski definition) is 1. The number of rotatable bonds is 10. The fourth-order valence-electron chi connectivity index (χ4n) is 7.28. The molecule has 1 nitrogen and oxygen atoms in total. The number of unbranched alkanes of at least 4 members (excludes halogenated alkanes) is 2. The Morgan fingerprint density at radius 1 is 0.698 bits per heavy atom. The largest absolute Gasteiger partial charge is 0.432 e. The third-order valence-corrected chi connectivity index (χ3v) is 9.71. The van der Waals surface area contributed by atoms with Gasteiger partial charge in [0.05, 0.1) is 0 Å². The number of benzene rings is 3. The number of hydrogen-bond donors (Lipinski definition) is 0. The summed E-state index contributed by atoms with van der Waals surface area (Å²) < 4.78 is 91.9. The van der Waals surface area contributed by atoms with E-state index in [4.69, 9.17) is 0 Å². The molecule has 232 valence electrons. The number of halogens is 6. The number of alkyl halides is 2. The summed E-state index contributed by atoms with van der Waals surface area (Å²) in [6.45, 7) is 2.25. The van der Waals surface area contributed by atoms with E-state index < -0.39 is 40.7 Å². The van der Waals surface area contributed by atoms with Gasteiger partial charge < -0.3 is 4.74 Å². The van der Waals surface area contributed by atoms with Crippen LogP contribution in [0.15, 0.2) is 54.6 Å². The lowest BCUT2D eigenvalue weighted by Gasteiger charge is -2.38. The molecule has 2 aliphatic carbocycles. The Hall–Kier alpha value is -2.96. The highest BCUT2D eigenvalue weighted by Crippen LogP contribution is 2.45. The predicted molar refractivity (Wildman–Crippen MR) is 157 cm³/mol. The van der Waals surface area contributed by atoms with Gasteiger partial charge in [-0.2, -0.15) is 8.78 Å². The molecule has 0 atom stereocenters. The second-order valence-electron chi connectivity index (χ2n) is 12.5. The zero-order valence-corrected chi connectivity index (χ0v) is 24.7. The van der Waals surface area contributed by atoms with Crippen molar-refractivity contribution < 1.29 is 31.1 Å². The van der Waals surface area contributed by atoms with Crippen LogP contribution in [0.1, 0.15) is 101 Å². The molecule has 0 aromatic heterocycles. The van der Waals surface area contributed by atoms with E-state index in [-0.39, 0.29) is 17.0 Å². The average Bonchev–Trinajstić information content (AvgIpc) is 2.98. The molecule has 0 amide bonds. The van der Waals surface area contributed by atoms with Gasteiger partial charge in [0.25, 0.3) is 0 Å². The van der Waals surface area contributed by atoms with E-state index in [1.807, 2.05) is 0 Å². The highest BCUT2D eigenvalue weighted by atomic mass is 19.3. The fraction of sp³-hybridized carbons (Fsp3) is 0.500. The summed E-state index contributed by atoms with van der Waals surface area (Å²) in [7, 11) is 0. The van der Waals surface area contributed by atoms with Crippen LogP contribution in [0.4, 0.5) is 26.3 Å². The van der Waals surface area contributed by atoms with E-state index in [0.29, 0.717) is 12.1 Å². The van der Waals surface area contributed by atoms with Crippen molar-refractivity contribution in [3.8, 4) is 16.9 Å². The van der Waals surface area contributed by atoms with E-state index in [2.05, 4.69) is 11.7 Å². The predicted octanol–water partition coefficient (Wildman–Crippen LogP) is 11.7. The van der Waals surface area contributed by atoms with Gasteiger partial charge in [-0.15, -0.1) is 0 Å². The van der Waals surface area contributed by atoms with Crippen LogP contribution in [0.3, 0.4) is 0 Å². The molecule has 0 heterocycles. The first-order valence-electron chi connectivity index (χ1n) is 15.8. The third-order valence-electron chi connectivity index (χ3n) is 9.71. The van der Waals surface area contributed by atoms with Crippen LogP contribution in [0.5, 0.6) is 5.75 Å². The molecule has 43 heavy (non-hydrogen) atoms. The summed E-state index contributed by atoms with van der Waals surface area (Å²) in [5.74, 6) is -2.29. The first-order chi connectivity index (χ1) is 20.6. The zero-order chi connectivity index (χ0) is 30.6. The van der Waals surface area contributed by atoms with E-state index in [1.165, 1.54) is 63.5 Å². The Balaban J connectivity index is 1.21. The van der Waals surface area contributed by atoms with Crippen LogP contribution in [-0.2, 0) is 6.11 Å². The molecule has 2 fully saturated rings. The Morgan fingerprint density at radius 3 is 1.88 bits per heavy atom. The first-order valence-corrected chi connectivity index (χ1v) is 15.8. The van der Waals surface area contributed by atoms with E-state index in [0.717, 1.165) is 73.3 Å². The summed E-state index contributed by atoms with van der Waals surface area (Å²) in [5.41, 5.74) is -0.995. The van der Waals surface area contributed by atoms with Crippen LogP contribution < -0.4 is 4.74 Å². The second-order valence-corrected chi connectivity index (χ2v) is 12.5. The van der Waals surface area contributed by atoms with Gasteiger partial charge in [-0.3, -0.25) is 0 Å². The van der Waals surface area contributed by atoms with Gasteiger partial charge in [0, 0.05) is 5.56 Å². The van der Waals surface area contributed by atoms with Gasteiger partial charge in [-0.25, -0.2) is 17.6 Å². The van der Waals surface area contributed by atoms with Crippen molar-refractivity contribution in [3.05, 3.63) is 89.0 Å². The highest BCUT2D eigenvalue weighted by Gasteiger charge is 2.41. The molecule has 5 rings (SSSR count). The Labute approximate surface area is 250 Å². The molecule has 2 aliphatic rings. The van der Waals surface area contributed by atoms with E-state index in [1.54, 1.807) is 6.07 Å². The summed E-state index contributed by atoms with van der Waals surface area (Å²) in [4.78, 5) is 0. The average molecular weight is 603 g/mol. The number of ether oxygens (including phenoxy) is 1. The third kappa shape index (κ3) is 7.58. The van der Waals surface area contributed by atoms with Gasteiger partial charge in [0.1, 0.15) is 34.6 Å². The van der Waals surface area contributed by atoms with Crippen LogP contribution in [-0.4, -0.2) is 0 Å². The molecular weight excluding hydrogens is 562 g/mol. The molecule has 0 radical (unpaired) electrons. The minimum atomic E-state index is -4.38. The molecule has 7 heteroatoms. The smallest absolute Gasteiger partial charge is 0.429 e. The maximum absolute atomic E-state index is 15.3. The highest BCUT2D eigenvalue weighted by molar-refractivity contribution is 5.65. The Bertz CT molecular complexity index is 1330. The molecule has 0 N–H and O–H groups in total. The maximum atomic E-state index is 15.3. The van der Waals surface area contributed by atoms with Gasteiger partial charge >= 0.3 is 6.11 Å². The lowest BCUT2D eigenvalue weighted by molar-refractivity contribution is -0.189. The Kier molecular flexibility index (Phi) is 10.1. The quantitative estimate of drug-likeness (QED) is 0.166. The first kappa shape index (κ1) is 31.5. The van der Waals surface area contributed by atoms with Crippen LogP contribution in [0.25, 0.3) is 11.1 Å². The maximum Gasteiger partial charge on any atom is 0.432 e. The molecule has 0 saturated heterocycles. The molecule has 0 unspecified atom stereocenters. The van der Waals surface area contributed by atoms with Crippen molar-refractivity contribution in [2.45, 2.75) is 96.0 Å². The lowest BCUT2D eigenvalue weighted by atomic mass is 9.68. The standard InChI is InChI=1S/C36H40F6O/c1-2-3-4-5-23-6-8-24(9-7-23)25-10-12-26(13-11-25)27-14-19-31(32(38)20-27)28-21-33(39)35(34(40)22-28)36(41,42)43-30-17-15-29(37)16-18-30/h14-26H,2-13H2,1H3. The SMILES string of the molecule is CCCCCC1CCC(C2CCC(c3ccc(-c4cc(F)c(C(F)(F)Oc5ccc(F)cc5)c(F)c4)c(F)c3)CC2)CC1. The van der Waals surface area contributed by atoms with Gasteiger partial charge in [0.15, 0.2) is 0 Å². The van der Waals surface area contributed by atoms with Crippen molar-refractivity contribution in [3.63, 3.8) is 0 Å². The molecular formula is C36H40F6O. The molecule has 0 aliphatic heterocycles. The van der Waals surface area contributed by atoms with Gasteiger partial charge in [-0.05, 0) is 116 Å². The van der Waals surface area contributed by atoms with Crippen molar-refractivity contribution in [1.82, 2.24) is 0 Å². The second kappa shape index (κ2) is 13.8. The molecule has 3 aromatic carbocycles.